The van der Waals surface area contributed by atoms with Crippen LogP contribution in [0.15, 0.2) is 10.5 Å². The molecule has 2 aromatic rings. The maximum atomic E-state index is 12.1. The van der Waals surface area contributed by atoms with Crippen LogP contribution in [0, 0.1) is 13.8 Å². The number of nitrogens with zero attached hydrogens (tertiary/aromatic N) is 1. The number of amides is 1. The molecular weight excluding hydrogens is 292 g/mol. The maximum absolute atomic E-state index is 12.1. The molecule has 0 aromatic carbocycles. The average Bonchev–Trinajstić information content (AvgIpc) is 2.99. The van der Waals surface area contributed by atoms with Crippen molar-refractivity contribution in [2.24, 2.45) is 0 Å². The number of rotatable bonds is 5. The highest BCUT2D eigenvalue weighted by atomic mass is 32.1. The fraction of sp³-hybridized carbons (Fsp3) is 0.357. The molecule has 21 heavy (non-hydrogen) atoms. The summed E-state index contributed by atoms with van der Waals surface area (Å²) in [5.74, 6) is -0.527. The monoisotopic (exact) mass is 308 g/mol. The largest absolute Gasteiger partial charge is 0.478 e. The Kier molecular flexibility index (Phi) is 4.42. The third-order valence-electron chi connectivity index (χ3n) is 2.97. The number of aromatic carboxylic acids is 1. The molecule has 0 fully saturated rings. The summed E-state index contributed by atoms with van der Waals surface area (Å²) >= 11 is 1.37. The minimum Gasteiger partial charge on any atom is -0.478 e. The predicted molar refractivity (Wildman–Crippen MR) is 77.8 cm³/mol. The van der Waals surface area contributed by atoms with E-state index in [1.165, 1.54) is 17.4 Å². The van der Waals surface area contributed by atoms with Gasteiger partial charge in [-0.1, -0.05) is 6.92 Å². The predicted octanol–water partition coefficient (Wildman–Crippen LogP) is 2.54. The number of carbonyl (C=O) groups excluding carboxylic acids is 1. The molecule has 6 nitrogen and oxygen atoms in total. The third-order valence-corrected chi connectivity index (χ3v) is 4.27. The Morgan fingerprint density at radius 1 is 1.43 bits per heavy atom. The number of aryl methyl sites for hydroxylation is 3. The topological polar surface area (TPSA) is 92.4 Å². The number of carboxylic acids is 1. The average molecular weight is 308 g/mol. The van der Waals surface area contributed by atoms with Crippen LogP contribution in [0.1, 0.15) is 49.2 Å². The van der Waals surface area contributed by atoms with Gasteiger partial charge < -0.3 is 14.8 Å². The zero-order valence-corrected chi connectivity index (χ0v) is 12.8. The van der Waals surface area contributed by atoms with E-state index in [0.29, 0.717) is 22.1 Å². The summed E-state index contributed by atoms with van der Waals surface area (Å²) in [4.78, 5) is 27.9. The molecule has 0 atom stereocenters. The fourth-order valence-corrected chi connectivity index (χ4v) is 2.83. The molecule has 7 heteroatoms. The lowest BCUT2D eigenvalue weighted by Crippen LogP contribution is -2.22. The molecule has 2 rings (SSSR count). The van der Waals surface area contributed by atoms with Gasteiger partial charge in [0.05, 0.1) is 17.2 Å². The van der Waals surface area contributed by atoms with Gasteiger partial charge in [-0.2, -0.15) is 0 Å². The number of hydrogen-bond acceptors (Lipinski definition) is 5. The van der Waals surface area contributed by atoms with Crippen molar-refractivity contribution in [2.45, 2.75) is 33.7 Å². The molecular formula is C14H16N2O4S. The molecule has 0 aliphatic carbocycles. The highest BCUT2D eigenvalue weighted by molar-refractivity contribution is 7.13. The van der Waals surface area contributed by atoms with Crippen LogP contribution in [0.2, 0.25) is 0 Å². The fourth-order valence-electron chi connectivity index (χ4n) is 1.91. The van der Waals surface area contributed by atoms with Gasteiger partial charge >= 0.3 is 5.97 Å². The van der Waals surface area contributed by atoms with Crippen LogP contribution >= 0.6 is 11.3 Å². The van der Waals surface area contributed by atoms with E-state index < -0.39 is 5.97 Å². The van der Waals surface area contributed by atoms with Crippen LogP contribution in [-0.2, 0) is 13.0 Å². The van der Waals surface area contributed by atoms with Crippen LogP contribution in [0.5, 0.6) is 0 Å². The van der Waals surface area contributed by atoms with Crippen molar-refractivity contribution < 1.29 is 19.1 Å². The molecule has 2 aromatic heterocycles. The summed E-state index contributed by atoms with van der Waals surface area (Å²) in [5.41, 5.74) is 0.817. The lowest BCUT2D eigenvalue weighted by molar-refractivity contribution is 0.0694. The van der Waals surface area contributed by atoms with Crippen molar-refractivity contribution in [1.29, 1.82) is 0 Å². The smallest absolute Gasteiger partial charge is 0.339 e. The Morgan fingerprint density at radius 3 is 2.67 bits per heavy atom. The minimum atomic E-state index is -1.04. The van der Waals surface area contributed by atoms with Crippen LogP contribution in [0.3, 0.4) is 0 Å². The van der Waals surface area contributed by atoms with Crippen molar-refractivity contribution in [3.05, 3.63) is 38.7 Å². The molecule has 2 heterocycles. The molecule has 0 bridgehead atoms. The Morgan fingerprint density at radius 2 is 2.14 bits per heavy atom. The van der Waals surface area contributed by atoms with Gasteiger partial charge in [-0.25, -0.2) is 9.78 Å². The lowest BCUT2D eigenvalue weighted by atomic mass is 10.2. The second-order valence-corrected chi connectivity index (χ2v) is 5.63. The second kappa shape index (κ2) is 6.09. The van der Waals surface area contributed by atoms with E-state index in [1.807, 2.05) is 6.92 Å². The van der Waals surface area contributed by atoms with E-state index in [0.717, 1.165) is 11.4 Å². The van der Waals surface area contributed by atoms with Gasteiger partial charge in [0.25, 0.3) is 5.91 Å². The van der Waals surface area contributed by atoms with Gasteiger partial charge in [-0.15, -0.1) is 11.3 Å². The number of hydrogen-bond donors (Lipinski definition) is 2. The molecule has 0 spiro atoms. The third kappa shape index (κ3) is 3.30. The van der Waals surface area contributed by atoms with Crippen LogP contribution in [-0.4, -0.2) is 22.0 Å². The lowest BCUT2D eigenvalue weighted by Gasteiger charge is -2.01. The molecule has 1 amide bonds. The van der Waals surface area contributed by atoms with E-state index in [2.05, 4.69) is 10.3 Å². The normalized spacial score (nSPS) is 10.6. The highest BCUT2D eigenvalue weighted by Gasteiger charge is 2.17. The van der Waals surface area contributed by atoms with Crippen molar-refractivity contribution in [3.63, 3.8) is 0 Å². The first-order chi connectivity index (χ1) is 9.92. The molecule has 0 aliphatic heterocycles. The molecule has 0 unspecified atom stereocenters. The number of carbonyl (C=O) groups is 2. The first-order valence-corrected chi connectivity index (χ1v) is 7.31. The first-order valence-electron chi connectivity index (χ1n) is 6.49. The standard InChI is InChI=1S/C14H16N2O4S/c1-4-11-16-7(2)12(21-11)13(17)15-6-9-5-10(14(18)19)8(3)20-9/h5H,4,6H2,1-3H3,(H,15,17)(H,18,19). The van der Waals surface area contributed by atoms with Gasteiger partial charge in [-0.3, -0.25) is 4.79 Å². The second-order valence-electron chi connectivity index (χ2n) is 4.55. The van der Waals surface area contributed by atoms with Crippen LogP contribution in [0.25, 0.3) is 0 Å². The molecule has 2 N–H and O–H groups in total. The van der Waals surface area contributed by atoms with Gasteiger partial charge in [0.15, 0.2) is 0 Å². The Labute approximate surface area is 125 Å². The molecule has 0 saturated carbocycles. The summed E-state index contributed by atoms with van der Waals surface area (Å²) in [6.45, 7) is 5.50. The highest BCUT2D eigenvalue weighted by Crippen LogP contribution is 2.19. The Hall–Kier alpha value is -2.15. The van der Waals surface area contributed by atoms with Crippen LogP contribution in [0.4, 0.5) is 0 Å². The summed E-state index contributed by atoms with van der Waals surface area (Å²) in [7, 11) is 0. The summed E-state index contributed by atoms with van der Waals surface area (Å²) in [6.07, 6.45) is 0.790. The number of carboxylic acid groups (broad SMARTS) is 1. The zero-order valence-electron chi connectivity index (χ0n) is 12.0. The van der Waals surface area contributed by atoms with Crippen molar-refractivity contribution in [1.82, 2.24) is 10.3 Å². The molecule has 0 saturated heterocycles. The minimum absolute atomic E-state index is 0.112. The first kappa shape index (κ1) is 15.2. The van der Waals surface area contributed by atoms with E-state index >= 15 is 0 Å². The summed E-state index contributed by atoms with van der Waals surface area (Å²) in [6, 6.07) is 1.43. The van der Waals surface area contributed by atoms with Crippen molar-refractivity contribution >= 4 is 23.2 Å². The SMILES string of the molecule is CCc1nc(C)c(C(=O)NCc2cc(C(=O)O)c(C)o2)s1. The van der Waals surface area contributed by atoms with Gasteiger partial charge in [0, 0.05) is 0 Å². The van der Waals surface area contributed by atoms with Gasteiger partial charge in [0.1, 0.15) is 22.0 Å². The Bertz CT molecular complexity index is 687. The van der Waals surface area contributed by atoms with Gasteiger partial charge in [0.2, 0.25) is 0 Å². The van der Waals surface area contributed by atoms with E-state index in [9.17, 15) is 9.59 Å². The van der Waals surface area contributed by atoms with Crippen molar-refractivity contribution in [3.8, 4) is 0 Å². The van der Waals surface area contributed by atoms with E-state index in [-0.39, 0.29) is 18.0 Å². The molecule has 0 aliphatic rings. The Balaban J connectivity index is 2.05. The molecule has 0 radical (unpaired) electrons. The van der Waals surface area contributed by atoms with Gasteiger partial charge in [-0.05, 0) is 26.3 Å². The number of furan rings is 1. The summed E-state index contributed by atoms with van der Waals surface area (Å²) < 4.78 is 5.31. The van der Waals surface area contributed by atoms with Crippen LogP contribution < -0.4 is 5.32 Å². The van der Waals surface area contributed by atoms with E-state index in [1.54, 1.807) is 13.8 Å². The molecule has 112 valence electrons. The summed E-state index contributed by atoms with van der Waals surface area (Å²) in [5, 5.41) is 12.6. The zero-order chi connectivity index (χ0) is 15.6. The maximum Gasteiger partial charge on any atom is 0.339 e. The van der Waals surface area contributed by atoms with E-state index in [4.69, 9.17) is 9.52 Å². The quantitative estimate of drug-likeness (QED) is 0.885. The number of thiazole rings is 1. The number of aromatic nitrogens is 1. The number of nitrogens with one attached hydrogen (secondary N) is 1. The van der Waals surface area contributed by atoms with Crippen molar-refractivity contribution in [2.75, 3.05) is 0 Å².